The number of Topliss-reactive ketones (excluding diaryl/α,β-unsaturated/α-hetero) is 1. The van der Waals surface area contributed by atoms with Crippen LogP contribution in [0.1, 0.15) is 38.3 Å². The molecule has 1 rings (SSSR count). The smallest absolute Gasteiger partial charge is 0.237 e. The van der Waals surface area contributed by atoms with E-state index in [1.165, 1.54) is 12.5 Å². The molecule has 4 heteroatoms. The second-order valence-corrected chi connectivity index (χ2v) is 6.33. The van der Waals surface area contributed by atoms with Gasteiger partial charge in [0.05, 0.1) is 12.1 Å². The van der Waals surface area contributed by atoms with Gasteiger partial charge in [-0.25, -0.2) is 0 Å². The highest BCUT2D eigenvalue weighted by Crippen LogP contribution is 2.09. The molecule has 0 fully saturated rings. The average molecular weight is 304 g/mol. The molecule has 2 N–H and O–H groups in total. The maximum absolute atomic E-state index is 12.3. The number of amides is 1. The van der Waals surface area contributed by atoms with Gasteiger partial charge in [0.15, 0.2) is 5.78 Å². The number of rotatable bonds is 8. The number of hydrogen-bond donors (Lipinski definition) is 2. The van der Waals surface area contributed by atoms with Gasteiger partial charge in [-0.2, -0.15) is 0 Å². The summed E-state index contributed by atoms with van der Waals surface area (Å²) in [5.74, 6) is 0.285. The minimum atomic E-state index is -0.474. The highest BCUT2D eigenvalue weighted by atomic mass is 16.2. The molecule has 0 saturated carbocycles. The zero-order valence-corrected chi connectivity index (χ0v) is 14.3. The van der Waals surface area contributed by atoms with Crippen molar-refractivity contribution in [2.45, 2.75) is 52.6 Å². The van der Waals surface area contributed by atoms with Crippen LogP contribution in [0.3, 0.4) is 0 Å². The molecule has 1 aromatic rings. The zero-order valence-electron chi connectivity index (χ0n) is 14.3. The van der Waals surface area contributed by atoms with Crippen molar-refractivity contribution in [3.63, 3.8) is 0 Å². The fraction of sp³-hybridized carbons (Fsp3) is 0.556. The van der Waals surface area contributed by atoms with Gasteiger partial charge in [-0.1, -0.05) is 43.7 Å². The van der Waals surface area contributed by atoms with E-state index in [9.17, 15) is 9.59 Å². The molecule has 0 aromatic heterocycles. The van der Waals surface area contributed by atoms with Gasteiger partial charge in [0.1, 0.15) is 0 Å². The topological polar surface area (TPSA) is 58.2 Å². The summed E-state index contributed by atoms with van der Waals surface area (Å²) < 4.78 is 0. The van der Waals surface area contributed by atoms with Crippen LogP contribution in [0.15, 0.2) is 24.3 Å². The molecule has 1 amide bonds. The molecule has 0 aliphatic heterocycles. The monoisotopic (exact) mass is 304 g/mol. The Morgan fingerprint density at radius 3 is 2.14 bits per heavy atom. The number of aryl methyl sites for hydroxylation is 1. The molecule has 0 spiro atoms. The normalized spacial score (nSPS) is 13.7. The Morgan fingerprint density at radius 1 is 1.09 bits per heavy atom. The number of carbonyl (C=O) groups is 2. The number of hydrogen-bond acceptors (Lipinski definition) is 3. The second kappa shape index (κ2) is 8.69. The lowest BCUT2D eigenvalue weighted by atomic mass is 10.00. The van der Waals surface area contributed by atoms with Crippen molar-refractivity contribution in [3.05, 3.63) is 35.4 Å². The average Bonchev–Trinajstić information content (AvgIpc) is 2.45. The number of ketones is 1. The molecule has 4 nitrogen and oxygen atoms in total. The van der Waals surface area contributed by atoms with Crippen molar-refractivity contribution in [2.75, 3.05) is 7.05 Å². The lowest BCUT2D eigenvalue weighted by Crippen LogP contribution is -2.50. The standard InChI is InChI=1S/C18H28N2O2/c1-12(2)10-17(19-5)18(22)20-16(14(4)21)11-15-8-6-13(3)7-9-15/h6-9,12,16-17,19H,10-11H2,1-5H3,(H,20,22)/t16?,17-/m0/s1. The molecule has 0 bridgehead atoms. The molecule has 0 heterocycles. The zero-order chi connectivity index (χ0) is 16.7. The summed E-state index contributed by atoms with van der Waals surface area (Å²) in [7, 11) is 1.77. The number of likely N-dealkylation sites (N-methyl/N-ethyl adjacent to an activating group) is 1. The Hall–Kier alpha value is -1.68. The molecule has 122 valence electrons. The predicted molar refractivity (Wildman–Crippen MR) is 89.8 cm³/mol. The van der Waals surface area contributed by atoms with Crippen LogP contribution in [0, 0.1) is 12.8 Å². The Bertz CT molecular complexity index is 494. The molecule has 0 aliphatic rings. The van der Waals surface area contributed by atoms with E-state index in [2.05, 4.69) is 24.5 Å². The van der Waals surface area contributed by atoms with Crippen LogP contribution >= 0.6 is 0 Å². The lowest BCUT2D eigenvalue weighted by Gasteiger charge is -2.22. The third-order valence-electron chi connectivity index (χ3n) is 3.74. The van der Waals surface area contributed by atoms with Gasteiger partial charge in [-0.3, -0.25) is 9.59 Å². The molecular formula is C18H28N2O2. The third kappa shape index (κ3) is 5.98. The van der Waals surface area contributed by atoms with Gasteiger partial charge < -0.3 is 10.6 Å². The van der Waals surface area contributed by atoms with E-state index in [0.29, 0.717) is 12.3 Å². The van der Waals surface area contributed by atoms with Crippen molar-refractivity contribution in [2.24, 2.45) is 5.92 Å². The molecule has 2 atom stereocenters. The van der Waals surface area contributed by atoms with E-state index < -0.39 is 6.04 Å². The summed E-state index contributed by atoms with van der Waals surface area (Å²) in [4.78, 5) is 24.2. The first kappa shape index (κ1) is 18.4. The summed E-state index contributed by atoms with van der Waals surface area (Å²) in [6.07, 6.45) is 1.27. The van der Waals surface area contributed by atoms with E-state index in [1.54, 1.807) is 7.05 Å². The number of nitrogens with one attached hydrogen (secondary N) is 2. The second-order valence-electron chi connectivity index (χ2n) is 6.33. The first-order valence-corrected chi connectivity index (χ1v) is 7.87. The summed E-state index contributed by atoms with van der Waals surface area (Å²) in [6.45, 7) is 7.70. The maximum atomic E-state index is 12.3. The summed E-state index contributed by atoms with van der Waals surface area (Å²) in [5, 5.41) is 5.91. The van der Waals surface area contributed by atoms with Crippen LogP contribution in [0.2, 0.25) is 0 Å². The predicted octanol–water partition coefficient (Wildman–Crippen LogP) is 2.25. The van der Waals surface area contributed by atoms with Crippen LogP contribution in [0.25, 0.3) is 0 Å². The van der Waals surface area contributed by atoms with Crippen LogP contribution in [0.5, 0.6) is 0 Å². The molecule has 0 radical (unpaired) electrons. The highest BCUT2D eigenvalue weighted by Gasteiger charge is 2.23. The third-order valence-corrected chi connectivity index (χ3v) is 3.74. The van der Waals surface area contributed by atoms with Crippen molar-refractivity contribution in [1.29, 1.82) is 0 Å². The minimum Gasteiger partial charge on any atom is -0.345 e. The fourth-order valence-corrected chi connectivity index (χ4v) is 2.36. The summed E-state index contributed by atoms with van der Waals surface area (Å²) in [6, 6.07) is 7.30. The summed E-state index contributed by atoms with van der Waals surface area (Å²) >= 11 is 0. The minimum absolute atomic E-state index is 0.0201. The van der Waals surface area contributed by atoms with Crippen molar-refractivity contribution >= 4 is 11.7 Å². The first-order valence-electron chi connectivity index (χ1n) is 7.87. The molecular weight excluding hydrogens is 276 g/mol. The van der Waals surface area contributed by atoms with E-state index in [-0.39, 0.29) is 17.7 Å². The SMILES string of the molecule is CN[C@@H](CC(C)C)C(=O)NC(Cc1ccc(C)cc1)C(C)=O. The van der Waals surface area contributed by atoms with Gasteiger partial charge in [0.2, 0.25) is 5.91 Å². The Kier molecular flexibility index (Phi) is 7.25. The van der Waals surface area contributed by atoms with Gasteiger partial charge in [0.25, 0.3) is 0 Å². The van der Waals surface area contributed by atoms with Crippen molar-refractivity contribution < 1.29 is 9.59 Å². The van der Waals surface area contributed by atoms with E-state index in [0.717, 1.165) is 12.0 Å². The lowest BCUT2D eigenvalue weighted by molar-refractivity contribution is -0.128. The Labute approximate surface area is 133 Å². The van der Waals surface area contributed by atoms with Crippen LogP contribution in [-0.2, 0) is 16.0 Å². The highest BCUT2D eigenvalue weighted by molar-refractivity contribution is 5.89. The maximum Gasteiger partial charge on any atom is 0.237 e. The fourth-order valence-electron chi connectivity index (χ4n) is 2.36. The van der Waals surface area contributed by atoms with Gasteiger partial charge in [-0.15, -0.1) is 0 Å². The van der Waals surface area contributed by atoms with Gasteiger partial charge in [0, 0.05) is 0 Å². The quantitative estimate of drug-likeness (QED) is 0.774. The van der Waals surface area contributed by atoms with Crippen molar-refractivity contribution in [1.82, 2.24) is 10.6 Å². The molecule has 1 unspecified atom stereocenters. The van der Waals surface area contributed by atoms with E-state index in [4.69, 9.17) is 0 Å². The van der Waals surface area contributed by atoms with E-state index >= 15 is 0 Å². The van der Waals surface area contributed by atoms with Crippen LogP contribution < -0.4 is 10.6 Å². The molecule has 22 heavy (non-hydrogen) atoms. The molecule has 0 saturated heterocycles. The van der Waals surface area contributed by atoms with Crippen LogP contribution in [-0.4, -0.2) is 30.8 Å². The van der Waals surface area contributed by atoms with Gasteiger partial charge >= 0.3 is 0 Å². The number of benzene rings is 1. The molecule has 1 aromatic carbocycles. The largest absolute Gasteiger partial charge is 0.345 e. The number of carbonyl (C=O) groups excluding carboxylic acids is 2. The Morgan fingerprint density at radius 2 is 1.68 bits per heavy atom. The first-order chi connectivity index (χ1) is 10.3. The van der Waals surface area contributed by atoms with Crippen molar-refractivity contribution in [3.8, 4) is 0 Å². The van der Waals surface area contributed by atoms with E-state index in [1.807, 2.05) is 31.2 Å². The summed E-state index contributed by atoms with van der Waals surface area (Å²) in [5.41, 5.74) is 2.23. The Balaban J connectivity index is 2.73. The van der Waals surface area contributed by atoms with Crippen LogP contribution in [0.4, 0.5) is 0 Å². The van der Waals surface area contributed by atoms with Gasteiger partial charge in [-0.05, 0) is 45.2 Å². The molecule has 0 aliphatic carbocycles.